The predicted molar refractivity (Wildman–Crippen MR) is 111 cm³/mol. The average Bonchev–Trinajstić information content (AvgIpc) is 2.87. The molecule has 0 N–H and O–H groups in total. The lowest BCUT2D eigenvalue weighted by Crippen LogP contribution is -2.41. The van der Waals surface area contributed by atoms with E-state index in [1.54, 1.807) is 23.3 Å². The van der Waals surface area contributed by atoms with Gasteiger partial charge in [0.15, 0.2) is 6.29 Å². The predicted octanol–water partition coefficient (Wildman–Crippen LogP) is 3.78. The molecule has 0 radical (unpaired) electrons. The summed E-state index contributed by atoms with van der Waals surface area (Å²) in [6.45, 7) is 7.95. The smallest absolute Gasteiger partial charge is 0.355 e. The maximum Gasteiger partial charge on any atom is 0.355 e. The van der Waals surface area contributed by atoms with Gasteiger partial charge in [0.2, 0.25) is 0 Å². The largest absolute Gasteiger partial charge is 0.465 e. The molecule has 2 aliphatic rings. The number of rotatable bonds is 4. The summed E-state index contributed by atoms with van der Waals surface area (Å²) in [5.41, 5.74) is 0.630. The number of ether oxygens (including phenoxy) is 4. The first-order valence-corrected chi connectivity index (χ1v) is 9.62. The Morgan fingerprint density at radius 2 is 1.60 bits per heavy atom. The Labute approximate surface area is 176 Å². The highest BCUT2D eigenvalue weighted by atomic mass is 16.7. The van der Waals surface area contributed by atoms with Crippen LogP contribution in [-0.4, -0.2) is 37.4 Å². The van der Waals surface area contributed by atoms with E-state index >= 15 is 0 Å². The van der Waals surface area contributed by atoms with Crippen molar-refractivity contribution < 1.29 is 28.5 Å². The number of allylic oxidation sites excluding steroid dienone is 2. The second-order valence-electron chi connectivity index (χ2n) is 8.00. The van der Waals surface area contributed by atoms with Crippen molar-refractivity contribution in [3.63, 3.8) is 0 Å². The van der Waals surface area contributed by atoms with Crippen LogP contribution < -0.4 is 4.90 Å². The zero-order valence-electron chi connectivity index (χ0n) is 18.1. The second kappa shape index (κ2) is 8.08. The van der Waals surface area contributed by atoms with Crippen molar-refractivity contribution in [3.8, 4) is 0 Å². The Bertz CT molecular complexity index is 925. The monoisotopic (exact) mass is 413 g/mol. The van der Waals surface area contributed by atoms with E-state index in [9.17, 15) is 9.59 Å². The summed E-state index contributed by atoms with van der Waals surface area (Å²) in [4.78, 5) is 26.5. The molecular formula is C23H27NO6. The molecule has 7 nitrogen and oxygen atoms in total. The van der Waals surface area contributed by atoms with Gasteiger partial charge in [0.1, 0.15) is 5.70 Å². The molecule has 0 spiro atoms. The van der Waals surface area contributed by atoms with E-state index in [2.05, 4.69) is 0 Å². The third-order valence-corrected chi connectivity index (χ3v) is 5.56. The van der Waals surface area contributed by atoms with Gasteiger partial charge in [-0.2, -0.15) is 0 Å². The van der Waals surface area contributed by atoms with Gasteiger partial charge in [-0.25, -0.2) is 9.59 Å². The van der Waals surface area contributed by atoms with Gasteiger partial charge in [0.25, 0.3) is 0 Å². The van der Waals surface area contributed by atoms with Crippen LogP contribution in [0.5, 0.6) is 0 Å². The molecule has 30 heavy (non-hydrogen) atoms. The highest BCUT2D eigenvalue weighted by Gasteiger charge is 2.49. The van der Waals surface area contributed by atoms with E-state index < -0.39 is 29.4 Å². The summed E-state index contributed by atoms with van der Waals surface area (Å²) in [5, 5.41) is 0. The van der Waals surface area contributed by atoms with Crippen molar-refractivity contribution in [1.82, 2.24) is 0 Å². The van der Waals surface area contributed by atoms with Gasteiger partial charge in [-0.1, -0.05) is 18.2 Å². The standard InChI is InChI=1S/C23H27NO6/c1-22(2)23(3,4)30-21(29-22)15-10-9-11-16(14-15)24-13-8-7-12-17(19(25)27-5)18(24)20(26)28-6/h7-14,21H,1-6H3. The van der Waals surface area contributed by atoms with Crippen LogP contribution in [0.2, 0.25) is 0 Å². The minimum Gasteiger partial charge on any atom is -0.465 e. The molecular weight excluding hydrogens is 386 g/mol. The quantitative estimate of drug-likeness (QED) is 0.696. The molecule has 0 aromatic heterocycles. The van der Waals surface area contributed by atoms with Crippen molar-refractivity contribution in [2.45, 2.75) is 45.2 Å². The van der Waals surface area contributed by atoms with Crippen LogP contribution in [0.15, 0.2) is 60.0 Å². The van der Waals surface area contributed by atoms with E-state index in [-0.39, 0.29) is 11.3 Å². The minimum absolute atomic E-state index is 0.0559. The number of hydrogen-bond donors (Lipinski definition) is 0. The van der Waals surface area contributed by atoms with Crippen LogP contribution in [0.3, 0.4) is 0 Å². The first-order chi connectivity index (χ1) is 14.1. The number of esters is 2. The van der Waals surface area contributed by atoms with Gasteiger partial charge in [-0.15, -0.1) is 0 Å². The fourth-order valence-corrected chi connectivity index (χ4v) is 3.17. The molecule has 2 aliphatic heterocycles. The van der Waals surface area contributed by atoms with Gasteiger partial charge in [-0.05, 0) is 52.0 Å². The number of nitrogens with zero attached hydrogens (tertiary/aromatic N) is 1. The first kappa shape index (κ1) is 21.8. The van der Waals surface area contributed by atoms with E-state index in [0.717, 1.165) is 5.56 Å². The van der Waals surface area contributed by atoms with Gasteiger partial charge in [0.05, 0.1) is 31.0 Å². The number of benzene rings is 1. The van der Waals surface area contributed by atoms with Crippen LogP contribution in [0.25, 0.3) is 0 Å². The molecule has 1 fully saturated rings. The summed E-state index contributed by atoms with van der Waals surface area (Å²) in [6.07, 6.45) is 6.03. The van der Waals surface area contributed by atoms with Crippen LogP contribution in [0, 0.1) is 0 Å². The van der Waals surface area contributed by atoms with Crippen LogP contribution >= 0.6 is 0 Å². The molecule has 0 amide bonds. The molecule has 3 rings (SSSR count). The molecule has 1 aromatic carbocycles. The highest BCUT2D eigenvalue weighted by molar-refractivity contribution is 6.05. The topological polar surface area (TPSA) is 74.3 Å². The molecule has 2 heterocycles. The number of hydrogen-bond acceptors (Lipinski definition) is 7. The Morgan fingerprint density at radius 1 is 0.967 bits per heavy atom. The van der Waals surface area contributed by atoms with E-state index in [0.29, 0.717) is 5.69 Å². The van der Waals surface area contributed by atoms with Crippen molar-refractivity contribution >= 4 is 17.6 Å². The average molecular weight is 413 g/mol. The highest BCUT2D eigenvalue weighted by Crippen LogP contribution is 2.45. The fourth-order valence-electron chi connectivity index (χ4n) is 3.17. The van der Waals surface area contributed by atoms with Crippen LogP contribution in [0.1, 0.15) is 39.5 Å². The summed E-state index contributed by atoms with van der Waals surface area (Å²) in [6, 6.07) is 7.42. The van der Waals surface area contributed by atoms with Crippen molar-refractivity contribution in [1.29, 1.82) is 0 Å². The normalized spacial score (nSPS) is 20.3. The molecule has 0 bridgehead atoms. The van der Waals surface area contributed by atoms with E-state index in [1.807, 2.05) is 52.0 Å². The van der Waals surface area contributed by atoms with Crippen molar-refractivity contribution in [2.75, 3.05) is 19.1 Å². The first-order valence-electron chi connectivity index (χ1n) is 9.62. The number of anilines is 1. The lowest BCUT2D eigenvalue weighted by Gasteiger charge is -2.30. The van der Waals surface area contributed by atoms with Crippen molar-refractivity contribution in [2.24, 2.45) is 0 Å². The number of carbonyl (C=O) groups is 2. The Morgan fingerprint density at radius 3 is 2.20 bits per heavy atom. The van der Waals surface area contributed by atoms with Gasteiger partial charge in [-0.3, -0.25) is 0 Å². The van der Waals surface area contributed by atoms with Crippen LogP contribution in [0.4, 0.5) is 5.69 Å². The molecule has 0 atom stereocenters. The summed E-state index contributed by atoms with van der Waals surface area (Å²) in [7, 11) is 2.53. The second-order valence-corrected chi connectivity index (χ2v) is 8.00. The maximum absolute atomic E-state index is 12.6. The molecule has 0 unspecified atom stereocenters. The lowest BCUT2D eigenvalue weighted by molar-refractivity contribution is -0.139. The van der Waals surface area contributed by atoms with Crippen LogP contribution in [-0.2, 0) is 28.5 Å². The lowest BCUT2D eigenvalue weighted by atomic mass is 9.90. The SMILES string of the molecule is COC(=O)C1=C(C(=O)OC)N(c2cccc(C3OC(C)(C)C(C)(C)O3)c2)C=CC=C1. The van der Waals surface area contributed by atoms with Gasteiger partial charge < -0.3 is 23.8 Å². The Kier molecular flexibility index (Phi) is 5.87. The third kappa shape index (κ3) is 3.91. The Balaban J connectivity index is 2.05. The summed E-state index contributed by atoms with van der Waals surface area (Å²) >= 11 is 0. The summed E-state index contributed by atoms with van der Waals surface area (Å²) < 4.78 is 22.1. The minimum atomic E-state index is -0.660. The molecule has 0 aliphatic carbocycles. The third-order valence-electron chi connectivity index (χ3n) is 5.56. The van der Waals surface area contributed by atoms with E-state index in [1.165, 1.54) is 20.3 Å². The zero-order chi connectivity index (χ0) is 22.1. The zero-order valence-corrected chi connectivity index (χ0v) is 18.1. The Hall–Kier alpha value is -2.90. The van der Waals surface area contributed by atoms with Gasteiger partial charge in [0, 0.05) is 17.5 Å². The molecule has 7 heteroatoms. The van der Waals surface area contributed by atoms with Crippen molar-refractivity contribution in [3.05, 3.63) is 65.5 Å². The van der Waals surface area contributed by atoms with E-state index in [4.69, 9.17) is 18.9 Å². The molecule has 1 saturated heterocycles. The summed E-state index contributed by atoms with van der Waals surface area (Å²) in [5.74, 6) is -1.30. The number of methoxy groups -OCH3 is 2. The maximum atomic E-state index is 12.6. The van der Waals surface area contributed by atoms with Gasteiger partial charge >= 0.3 is 11.9 Å². The fraction of sp³-hybridized carbons (Fsp3) is 0.391. The molecule has 1 aromatic rings. The number of carbonyl (C=O) groups excluding carboxylic acids is 2. The molecule has 160 valence electrons. The molecule has 0 saturated carbocycles.